The zero-order chi connectivity index (χ0) is 28.4. The molecule has 14 heteroatoms. The molecule has 0 aliphatic rings. The molecule has 12 N–H and O–H groups in total. The van der Waals surface area contributed by atoms with Gasteiger partial charge in [0, 0.05) is 23.1 Å². The zero-order valence-electron chi connectivity index (χ0n) is 20.5. The second kappa shape index (κ2) is 13.5. The Morgan fingerprint density at radius 3 is 1.78 bits per heavy atom. The molecule has 3 rings (SSSR count). The molecule has 0 bridgehead atoms. The van der Waals surface area contributed by atoms with Crippen molar-refractivity contribution in [3.63, 3.8) is 0 Å². The Balaban J connectivity index is 0.000000297. The van der Waals surface area contributed by atoms with Gasteiger partial charge < -0.3 is 33.4 Å². The minimum atomic E-state index is -4.26. The Labute approximate surface area is 216 Å². The summed E-state index contributed by atoms with van der Waals surface area (Å²) in [6, 6.07) is 14.9. The van der Waals surface area contributed by atoms with E-state index in [9.17, 15) is 16.8 Å². The van der Waals surface area contributed by atoms with Crippen molar-refractivity contribution in [2.45, 2.75) is 25.2 Å². The van der Waals surface area contributed by atoms with Gasteiger partial charge in [0.2, 0.25) is 0 Å². The van der Waals surface area contributed by atoms with Crippen LogP contribution >= 0.6 is 0 Å². The topological polar surface area (TPSA) is 248 Å². The molecule has 0 saturated heterocycles. The molecule has 0 saturated carbocycles. The highest BCUT2D eigenvalue weighted by molar-refractivity contribution is 7.86. The molecule has 0 spiro atoms. The van der Waals surface area contributed by atoms with E-state index in [1.807, 2.05) is 38.1 Å². The molecule has 3 aromatic carbocycles. The number of aryl methyl sites for hydroxylation is 2. The van der Waals surface area contributed by atoms with Crippen LogP contribution in [0.3, 0.4) is 0 Å². The fourth-order valence-corrected chi connectivity index (χ4v) is 3.75. The van der Waals surface area contributed by atoms with Gasteiger partial charge in [0.15, 0.2) is 0 Å². The lowest BCUT2D eigenvalue weighted by molar-refractivity contribution is 0.318. The first kappa shape index (κ1) is 31.3. The summed E-state index contributed by atoms with van der Waals surface area (Å²) in [6.07, 6.45) is 0.187. The van der Waals surface area contributed by atoms with E-state index in [1.165, 1.54) is 17.7 Å². The van der Waals surface area contributed by atoms with E-state index in [2.05, 4.69) is 0 Å². The van der Waals surface area contributed by atoms with Gasteiger partial charge in [-0.25, -0.2) is 0 Å². The number of hydrogen-bond acceptors (Lipinski definition) is 10. The van der Waals surface area contributed by atoms with Gasteiger partial charge in [-0.3, -0.25) is 9.11 Å². The van der Waals surface area contributed by atoms with E-state index in [0.717, 1.165) is 17.3 Å². The second-order valence-corrected chi connectivity index (χ2v) is 10.9. The number of rotatable bonds is 6. The normalized spacial score (nSPS) is 10.9. The van der Waals surface area contributed by atoms with Crippen LogP contribution in [0.25, 0.3) is 0 Å². The third-order valence-electron chi connectivity index (χ3n) is 4.60. The van der Waals surface area contributed by atoms with Crippen LogP contribution in [0.5, 0.6) is 5.75 Å². The molecule has 3 aromatic rings. The smallest absolute Gasteiger partial charge is 0.296 e. The van der Waals surface area contributed by atoms with Crippen molar-refractivity contribution in [2.75, 3.05) is 41.0 Å². The van der Waals surface area contributed by atoms with Gasteiger partial charge in [-0.2, -0.15) is 16.8 Å². The van der Waals surface area contributed by atoms with Crippen LogP contribution in [0.1, 0.15) is 17.5 Å². The summed E-state index contributed by atoms with van der Waals surface area (Å²) in [5.41, 5.74) is 31.6. The van der Waals surface area contributed by atoms with Gasteiger partial charge in [-0.15, -0.1) is 0 Å². The Hall–Kier alpha value is -3.72. The first-order chi connectivity index (χ1) is 17.0. The van der Waals surface area contributed by atoms with Crippen molar-refractivity contribution >= 4 is 48.7 Å². The number of nitrogens with two attached hydrogens (primary N) is 5. The lowest BCUT2D eigenvalue weighted by Crippen LogP contribution is -2.09. The molecule has 0 aliphatic heterocycles. The van der Waals surface area contributed by atoms with Gasteiger partial charge in [0.05, 0.1) is 23.7 Å². The van der Waals surface area contributed by atoms with E-state index in [-0.39, 0.29) is 35.1 Å². The molecule has 37 heavy (non-hydrogen) atoms. The molecule has 204 valence electrons. The number of anilines is 5. The van der Waals surface area contributed by atoms with Crippen molar-refractivity contribution in [3.8, 4) is 5.75 Å². The highest BCUT2D eigenvalue weighted by Gasteiger charge is 2.13. The summed E-state index contributed by atoms with van der Waals surface area (Å²) in [6.45, 7) is 4.01. The van der Waals surface area contributed by atoms with Crippen LogP contribution in [0, 0.1) is 13.8 Å². The van der Waals surface area contributed by atoms with E-state index in [1.54, 1.807) is 12.1 Å². The van der Waals surface area contributed by atoms with Crippen LogP contribution in [-0.4, -0.2) is 38.3 Å². The van der Waals surface area contributed by atoms with Gasteiger partial charge in [0.25, 0.3) is 20.2 Å². The summed E-state index contributed by atoms with van der Waals surface area (Å²) in [7, 11) is -8.20. The lowest BCUT2D eigenvalue weighted by Gasteiger charge is -2.10. The quantitative estimate of drug-likeness (QED) is 0.132. The number of benzene rings is 3. The predicted octanol–water partition coefficient (Wildman–Crippen LogP) is 2.49. The summed E-state index contributed by atoms with van der Waals surface area (Å²) < 4.78 is 64.6. The first-order valence-corrected chi connectivity index (χ1v) is 13.7. The van der Waals surface area contributed by atoms with Gasteiger partial charge >= 0.3 is 0 Å². The average Bonchev–Trinajstić information content (AvgIpc) is 2.78. The fraction of sp³-hybridized carbons (Fsp3) is 0.217. The molecule has 12 nitrogen and oxygen atoms in total. The molecule has 0 radical (unpaired) electrons. The largest absolute Gasteiger partial charge is 0.491 e. The highest BCUT2D eigenvalue weighted by atomic mass is 32.2. The van der Waals surface area contributed by atoms with Gasteiger partial charge in [0.1, 0.15) is 10.6 Å². The minimum absolute atomic E-state index is 0.0216. The molecule has 0 heterocycles. The molecule has 0 fully saturated rings. The third kappa shape index (κ3) is 12.2. The standard InChI is InChI=1S/C10H16N2O4S.C7H9N.C6H8N2O3S/c1-7-5-9(12)10(6-8(7)11)16-3-2-4-17(13,14)15;1-6-2-4-7(8)5-3-6;7-4-1-2-5(8)6(3-4)12(9,10)11/h5-6H,2-4,11-12H2,1H3,(H,13,14,15);2-5H,8H2,1H3;1-3H,7-8H2,(H,9,10,11). The van der Waals surface area contributed by atoms with Gasteiger partial charge in [-0.05, 0) is 62.2 Å². The lowest BCUT2D eigenvalue weighted by atomic mass is 10.1. The van der Waals surface area contributed by atoms with Crippen molar-refractivity contribution in [2.24, 2.45) is 0 Å². The summed E-state index contributed by atoms with van der Waals surface area (Å²) in [5.74, 6) is 0.0808. The Morgan fingerprint density at radius 1 is 0.730 bits per heavy atom. The molecule has 0 aliphatic carbocycles. The van der Waals surface area contributed by atoms with Crippen LogP contribution in [-0.2, 0) is 20.2 Å². The van der Waals surface area contributed by atoms with E-state index in [4.69, 9.17) is 42.5 Å². The minimum Gasteiger partial charge on any atom is -0.491 e. The maximum Gasteiger partial charge on any atom is 0.296 e. The van der Waals surface area contributed by atoms with Crippen molar-refractivity contribution in [1.82, 2.24) is 0 Å². The predicted molar refractivity (Wildman–Crippen MR) is 147 cm³/mol. The summed E-state index contributed by atoms with van der Waals surface area (Å²) in [5, 5.41) is 0. The second-order valence-electron chi connectivity index (χ2n) is 7.92. The molecular weight excluding hydrogens is 522 g/mol. The fourth-order valence-electron chi connectivity index (χ4n) is 2.62. The summed E-state index contributed by atoms with van der Waals surface area (Å²) >= 11 is 0. The van der Waals surface area contributed by atoms with Crippen LogP contribution < -0.4 is 33.4 Å². The number of nitrogen functional groups attached to an aromatic ring is 5. The van der Waals surface area contributed by atoms with Crippen LogP contribution in [0.2, 0.25) is 0 Å². The monoisotopic (exact) mass is 555 g/mol. The molecular formula is C23H33N5O7S2. The van der Waals surface area contributed by atoms with Crippen LogP contribution in [0.15, 0.2) is 59.5 Å². The number of ether oxygens (including phenoxy) is 1. The maximum absolute atomic E-state index is 10.6. The molecule has 0 unspecified atom stereocenters. The number of hydrogen-bond donors (Lipinski definition) is 7. The Morgan fingerprint density at radius 2 is 1.30 bits per heavy atom. The summed E-state index contributed by atoms with van der Waals surface area (Å²) in [4.78, 5) is -0.359. The molecule has 0 aromatic heterocycles. The van der Waals surface area contributed by atoms with E-state index >= 15 is 0 Å². The highest BCUT2D eigenvalue weighted by Crippen LogP contribution is 2.27. The third-order valence-corrected chi connectivity index (χ3v) is 6.31. The van der Waals surface area contributed by atoms with Gasteiger partial charge in [-0.1, -0.05) is 17.7 Å². The zero-order valence-corrected chi connectivity index (χ0v) is 22.1. The molecule has 0 atom stereocenters. The van der Waals surface area contributed by atoms with E-state index < -0.39 is 20.2 Å². The molecule has 0 amide bonds. The van der Waals surface area contributed by atoms with E-state index in [0.29, 0.717) is 17.1 Å². The maximum atomic E-state index is 10.6. The Kier molecular flexibility index (Phi) is 11.5. The van der Waals surface area contributed by atoms with Crippen LogP contribution in [0.4, 0.5) is 28.4 Å². The van der Waals surface area contributed by atoms with Crippen molar-refractivity contribution in [3.05, 3.63) is 65.7 Å². The average molecular weight is 556 g/mol. The first-order valence-electron chi connectivity index (χ1n) is 10.7. The SMILES string of the molecule is Cc1cc(N)c(OCCCS(=O)(=O)O)cc1N.Cc1ccc(N)cc1.Nc1ccc(N)c(S(=O)(=O)O)c1. The Bertz CT molecular complexity index is 1370. The van der Waals surface area contributed by atoms with Crippen molar-refractivity contribution < 1.29 is 30.7 Å². The van der Waals surface area contributed by atoms with Crippen molar-refractivity contribution in [1.29, 1.82) is 0 Å².